The number of aliphatic hydroxyl groups excluding tert-OH is 1. The molecule has 0 aliphatic carbocycles. The van der Waals surface area contributed by atoms with Crippen LogP contribution in [0, 0.1) is 12.8 Å². The summed E-state index contributed by atoms with van der Waals surface area (Å²) in [5.74, 6) is 0.236. The molecule has 0 bridgehead atoms. The molecule has 35 heavy (non-hydrogen) atoms. The van der Waals surface area contributed by atoms with E-state index < -0.39 is 17.7 Å². The highest BCUT2D eigenvalue weighted by Gasteiger charge is 2.46. The summed E-state index contributed by atoms with van der Waals surface area (Å²) in [6.07, 6.45) is 1.53. The first kappa shape index (κ1) is 26.3. The van der Waals surface area contributed by atoms with Gasteiger partial charge in [-0.2, -0.15) is 0 Å². The van der Waals surface area contributed by atoms with Crippen LogP contribution < -0.4 is 9.47 Å². The third-order valence-electron chi connectivity index (χ3n) is 5.89. The number of unbranched alkanes of at least 4 members (excludes halogenated alkanes) is 1. The summed E-state index contributed by atoms with van der Waals surface area (Å²) >= 11 is 0. The maximum atomic E-state index is 13.3. The molecular weight excluding hydrogens is 442 g/mol. The summed E-state index contributed by atoms with van der Waals surface area (Å²) in [4.78, 5) is 27.9. The number of amides is 1. The van der Waals surface area contributed by atoms with E-state index in [0.29, 0.717) is 35.9 Å². The molecule has 0 aromatic heterocycles. The molecule has 0 saturated carbocycles. The average molecular weight is 480 g/mol. The largest absolute Gasteiger partial charge is 0.507 e. The fourth-order valence-corrected chi connectivity index (χ4v) is 4.20. The molecular formula is C29H37NO5. The van der Waals surface area contributed by atoms with Crippen molar-refractivity contribution < 1.29 is 24.2 Å². The first-order valence-corrected chi connectivity index (χ1v) is 12.4. The summed E-state index contributed by atoms with van der Waals surface area (Å²) in [5.41, 5.74) is 2.09. The van der Waals surface area contributed by atoms with E-state index in [1.807, 2.05) is 52.0 Å². The number of hydrogen-bond acceptors (Lipinski definition) is 5. The van der Waals surface area contributed by atoms with Crippen LogP contribution in [-0.2, 0) is 9.59 Å². The van der Waals surface area contributed by atoms with Gasteiger partial charge in [0.1, 0.15) is 17.3 Å². The van der Waals surface area contributed by atoms with Gasteiger partial charge in [-0.1, -0.05) is 45.4 Å². The molecule has 2 aromatic rings. The maximum absolute atomic E-state index is 13.3. The SMILES string of the molecule is CCCCN1C(=O)C(=O)/C(=C(\O)c2ccc(OCC(C)C)c(C)c2)C1c1ccccc1OC(C)C. The van der Waals surface area contributed by atoms with Gasteiger partial charge in [0.15, 0.2) is 0 Å². The second kappa shape index (κ2) is 11.4. The van der Waals surface area contributed by atoms with Crippen LogP contribution in [0.2, 0.25) is 0 Å². The van der Waals surface area contributed by atoms with Crippen LogP contribution in [0.5, 0.6) is 11.5 Å². The van der Waals surface area contributed by atoms with Crippen molar-refractivity contribution in [2.45, 2.75) is 66.5 Å². The predicted octanol–water partition coefficient (Wildman–Crippen LogP) is 6.04. The summed E-state index contributed by atoms with van der Waals surface area (Å²) in [5, 5.41) is 11.4. The second-order valence-electron chi connectivity index (χ2n) is 9.74. The Morgan fingerprint density at radius 3 is 2.40 bits per heavy atom. The molecule has 1 atom stereocenters. The standard InChI is InChI=1S/C29H37NO5/c1-7-8-15-30-26(22-11-9-10-12-24(22)35-19(4)5)25(28(32)29(30)33)27(31)21-13-14-23(20(6)16-21)34-17-18(2)3/h9-14,16,18-19,26,31H,7-8,15,17H2,1-6H3/b27-25-. The first-order valence-electron chi connectivity index (χ1n) is 12.4. The van der Waals surface area contributed by atoms with Crippen molar-refractivity contribution in [3.63, 3.8) is 0 Å². The van der Waals surface area contributed by atoms with E-state index in [1.54, 1.807) is 23.1 Å². The molecule has 1 N–H and O–H groups in total. The number of carbonyl (C=O) groups is 2. The second-order valence-corrected chi connectivity index (χ2v) is 9.74. The number of likely N-dealkylation sites (tertiary alicyclic amines) is 1. The fourth-order valence-electron chi connectivity index (χ4n) is 4.20. The van der Waals surface area contributed by atoms with Crippen LogP contribution in [0.3, 0.4) is 0 Å². The lowest BCUT2D eigenvalue weighted by molar-refractivity contribution is -0.139. The highest BCUT2D eigenvalue weighted by Crippen LogP contribution is 2.43. The van der Waals surface area contributed by atoms with E-state index in [4.69, 9.17) is 9.47 Å². The monoisotopic (exact) mass is 479 g/mol. The summed E-state index contributed by atoms with van der Waals surface area (Å²) in [7, 11) is 0. The van der Waals surface area contributed by atoms with Crippen LogP contribution >= 0.6 is 0 Å². The zero-order valence-corrected chi connectivity index (χ0v) is 21.6. The van der Waals surface area contributed by atoms with Crippen molar-refractivity contribution in [2.75, 3.05) is 13.2 Å². The minimum atomic E-state index is -0.728. The zero-order chi connectivity index (χ0) is 25.7. The highest BCUT2D eigenvalue weighted by atomic mass is 16.5. The number of carbonyl (C=O) groups excluding carboxylic acids is 2. The Kier molecular flexibility index (Phi) is 8.60. The Hall–Kier alpha value is -3.28. The Bertz CT molecular complexity index is 1100. The van der Waals surface area contributed by atoms with Gasteiger partial charge in [0.05, 0.1) is 24.3 Å². The molecule has 1 aliphatic rings. The highest BCUT2D eigenvalue weighted by molar-refractivity contribution is 6.46. The minimum Gasteiger partial charge on any atom is -0.507 e. The Morgan fingerprint density at radius 2 is 1.77 bits per heavy atom. The van der Waals surface area contributed by atoms with Gasteiger partial charge in [-0.05, 0) is 62.9 Å². The summed E-state index contributed by atoms with van der Waals surface area (Å²) < 4.78 is 11.9. The van der Waals surface area contributed by atoms with Gasteiger partial charge in [0.2, 0.25) is 0 Å². The number of Topliss-reactive ketones (excluding diaryl/α,β-unsaturated/α-hetero) is 1. The molecule has 1 aliphatic heterocycles. The summed E-state index contributed by atoms with van der Waals surface area (Å²) in [6, 6.07) is 12.0. The first-order chi connectivity index (χ1) is 16.6. The molecule has 0 spiro atoms. The average Bonchev–Trinajstić information content (AvgIpc) is 3.06. The lowest BCUT2D eigenvalue weighted by Gasteiger charge is -2.27. The molecule has 1 saturated heterocycles. The zero-order valence-electron chi connectivity index (χ0n) is 21.6. The van der Waals surface area contributed by atoms with Crippen molar-refractivity contribution in [3.05, 3.63) is 64.7 Å². The molecule has 1 amide bonds. The molecule has 1 unspecified atom stereocenters. The Balaban J connectivity index is 2.13. The van der Waals surface area contributed by atoms with E-state index in [2.05, 4.69) is 13.8 Å². The van der Waals surface area contributed by atoms with Gasteiger partial charge in [-0.15, -0.1) is 0 Å². The van der Waals surface area contributed by atoms with E-state index in [1.165, 1.54) is 0 Å². The smallest absolute Gasteiger partial charge is 0.295 e. The van der Waals surface area contributed by atoms with Crippen molar-refractivity contribution in [1.82, 2.24) is 4.90 Å². The molecule has 1 fully saturated rings. The number of ether oxygens (including phenoxy) is 2. The number of hydrogen-bond donors (Lipinski definition) is 1. The number of rotatable bonds is 10. The lowest BCUT2D eigenvalue weighted by Crippen LogP contribution is -2.31. The number of aliphatic hydroxyl groups is 1. The summed E-state index contributed by atoms with van der Waals surface area (Å²) in [6.45, 7) is 12.9. The molecule has 188 valence electrons. The van der Waals surface area contributed by atoms with Crippen LogP contribution in [0.15, 0.2) is 48.0 Å². The van der Waals surface area contributed by atoms with Gasteiger partial charge < -0.3 is 19.5 Å². The Labute approximate surface area is 208 Å². The van der Waals surface area contributed by atoms with Crippen LogP contribution in [-0.4, -0.2) is 41.0 Å². The number of benzene rings is 2. The third-order valence-corrected chi connectivity index (χ3v) is 5.89. The van der Waals surface area contributed by atoms with Crippen LogP contribution in [0.25, 0.3) is 5.76 Å². The Morgan fingerprint density at radius 1 is 1.06 bits per heavy atom. The lowest BCUT2D eigenvalue weighted by atomic mass is 9.94. The topological polar surface area (TPSA) is 76.1 Å². The fraction of sp³-hybridized carbons (Fsp3) is 0.448. The third kappa shape index (κ3) is 5.87. The van der Waals surface area contributed by atoms with E-state index in [-0.39, 0.29) is 17.4 Å². The van der Waals surface area contributed by atoms with E-state index in [9.17, 15) is 14.7 Å². The van der Waals surface area contributed by atoms with Gasteiger partial charge in [-0.25, -0.2) is 0 Å². The quantitative estimate of drug-likeness (QED) is 0.255. The molecule has 1 heterocycles. The van der Waals surface area contributed by atoms with Crippen molar-refractivity contribution in [2.24, 2.45) is 5.92 Å². The normalized spacial score (nSPS) is 17.5. The van der Waals surface area contributed by atoms with Crippen molar-refractivity contribution in [3.8, 4) is 11.5 Å². The molecule has 3 rings (SSSR count). The van der Waals surface area contributed by atoms with Gasteiger partial charge in [0.25, 0.3) is 11.7 Å². The minimum absolute atomic E-state index is 0.0844. The maximum Gasteiger partial charge on any atom is 0.295 e. The van der Waals surface area contributed by atoms with Crippen molar-refractivity contribution >= 4 is 17.4 Å². The number of ketones is 1. The molecule has 0 radical (unpaired) electrons. The number of aryl methyl sites for hydroxylation is 1. The van der Waals surface area contributed by atoms with Gasteiger partial charge >= 0.3 is 0 Å². The van der Waals surface area contributed by atoms with Crippen LogP contribution in [0.4, 0.5) is 0 Å². The predicted molar refractivity (Wildman–Crippen MR) is 138 cm³/mol. The molecule has 6 heteroatoms. The van der Waals surface area contributed by atoms with Crippen LogP contribution in [0.1, 0.15) is 70.2 Å². The number of para-hydroxylation sites is 1. The van der Waals surface area contributed by atoms with Gasteiger partial charge in [0, 0.05) is 17.7 Å². The number of nitrogens with zero attached hydrogens (tertiary/aromatic N) is 1. The van der Waals surface area contributed by atoms with Crippen molar-refractivity contribution in [1.29, 1.82) is 0 Å². The van der Waals surface area contributed by atoms with E-state index >= 15 is 0 Å². The van der Waals surface area contributed by atoms with Gasteiger partial charge in [-0.3, -0.25) is 9.59 Å². The molecule has 2 aromatic carbocycles. The molecule has 6 nitrogen and oxygen atoms in total. The van der Waals surface area contributed by atoms with E-state index in [0.717, 1.165) is 24.2 Å².